The number of amides is 2. The molecule has 162 valence electrons. The van der Waals surface area contributed by atoms with E-state index in [0.717, 1.165) is 30.4 Å². The summed E-state index contributed by atoms with van der Waals surface area (Å²) in [6.07, 6.45) is 6.84. The van der Waals surface area contributed by atoms with E-state index in [1.165, 1.54) is 12.5 Å². The Kier molecular flexibility index (Phi) is 5.09. The van der Waals surface area contributed by atoms with Crippen LogP contribution in [0.4, 0.5) is 0 Å². The number of rotatable bonds is 4. The predicted octanol–water partition coefficient (Wildman–Crippen LogP) is 1.98. The van der Waals surface area contributed by atoms with Crippen LogP contribution in [0.15, 0.2) is 30.7 Å². The van der Waals surface area contributed by atoms with E-state index in [2.05, 4.69) is 15.3 Å². The highest BCUT2D eigenvalue weighted by atomic mass is 16.5. The fraction of sp³-hybridized carbons (Fsp3) is 0.478. The molecule has 3 heterocycles. The topological polar surface area (TPSA) is 104 Å². The third-order valence-electron chi connectivity index (χ3n) is 6.94. The van der Waals surface area contributed by atoms with Gasteiger partial charge in [0.15, 0.2) is 5.78 Å². The number of nitrogens with one attached hydrogen (secondary N) is 2. The van der Waals surface area contributed by atoms with Gasteiger partial charge in [-0.2, -0.15) is 0 Å². The van der Waals surface area contributed by atoms with E-state index in [-0.39, 0.29) is 29.1 Å². The van der Waals surface area contributed by atoms with Crippen LogP contribution in [0.25, 0.3) is 0 Å². The molecule has 2 fully saturated rings. The summed E-state index contributed by atoms with van der Waals surface area (Å²) in [5, 5.41) is 2.95. The van der Waals surface area contributed by atoms with Crippen molar-refractivity contribution in [3.05, 3.63) is 53.1 Å². The average Bonchev–Trinajstić information content (AvgIpc) is 3.52. The first-order valence-electron chi connectivity index (χ1n) is 10.9. The van der Waals surface area contributed by atoms with Crippen LogP contribution in [0.1, 0.15) is 62.5 Å². The third kappa shape index (κ3) is 3.76. The Morgan fingerprint density at radius 1 is 1.26 bits per heavy atom. The molecular formula is C23H26N4O4. The smallest absolute Gasteiger partial charge is 0.269 e. The molecule has 1 unspecified atom stereocenters. The number of imidazole rings is 1. The average molecular weight is 422 g/mol. The van der Waals surface area contributed by atoms with Gasteiger partial charge in [0.1, 0.15) is 5.69 Å². The van der Waals surface area contributed by atoms with Gasteiger partial charge in [-0.15, -0.1) is 0 Å². The van der Waals surface area contributed by atoms with Gasteiger partial charge in [0.05, 0.1) is 12.5 Å². The van der Waals surface area contributed by atoms with Gasteiger partial charge in [-0.3, -0.25) is 14.4 Å². The number of ether oxygens (including phenoxy) is 1. The van der Waals surface area contributed by atoms with Crippen LogP contribution in [-0.4, -0.2) is 64.8 Å². The third-order valence-corrected chi connectivity index (χ3v) is 6.94. The lowest BCUT2D eigenvalue weighted by Crippen LogP contribution is -2.43. The van der Waals surface area contributed by atoms with E-state index < -0.39 is 0 Å². The summed E-state index contributed by atoms with van der Waals surface area (Å²) in [5.74, 6) is -0.115. The molecule has 1 aliphatic carbocycles. The van der Waals surface area contributed by atoms with Gasteiger partial charge in [-0.25, -0.2) is 4.98 Å². The van der Waals surface area contributed by atoms with Gasteiger partial charge in [0, 0.05) is 49.9 Å². The zero-order valence-corrected chi connectivity index (χ0v) is 17.4. The zero-order valence-electron chi connectivity index (χ0n) is 17.4. The fourth-order valence-electron chi connectivity index (χ4n) is 5.19. The van der Waals surface area contributed by atoms with E-state index in [0.29, 0.717) is 50.4 Å². The fourth-order valence-corrected chi connectivity index (χ4v) is 5.19. The van der Waals surface area contributed by atoms with Gasteiger partial charge in [-0.1, -0.05) is 6.07 Å². The molecule has 1 spiro atoms. The lowest BCUT2D eigenvalue weighted by molar-refractivity contribution is 0.0190. The Morgan fingerprint density at radius 2 is 2.10 bits per heavy atom. The van der Waals surface area contributed by atoms with Gasteiger partial charge in [-0.05, 0) is 48.8 Å². The molecule has 1 atom stereocenters. The maximum absolute atomic E-state index is 13.5. The molecule has 2 amide bonds. The number of hydrogen-bond acceptors (Lipinski definition) is 5. The number of carbonyl (C=O) groups is 3. The minimum absolute atomic E-state index is 0.0317. The number of benzene rings is 1. The molecule has 1 aromatic heterocycles. The van der Waals surface area contributed by atoms with Gasteiger partial charge >= 0.3 is 0 Å². The van der Waals surface area contributed by atoms with E-state index >= 15 is 0 Å². The Balaban J connectivity index is 1.36. The first-order chi connectivity index (χ1) is 15.0. The van der Waals surface area contributed by atoms with Crippen LogP contribution in [-0.2, 0) is 11.2 Å². The summed E-state index contributed by atoms with van der Waals surface area (Å²) >= 11 is 0. The molecule has 0 bridgehead atoms. The number of carbonyl (C=O) groups excluding carboxylic acids is 3. The molecule has 3 aliphatic rings. The summed E-state index contributed by atoms with van der Waals surface area (Å²) < 4.78 is 5.56. The minimum Gasteiger partial charge on any atom is -0.381 e. The summed E-state index contributed by atoms with van der Waals surface area (Å²) in [7, 11) is 0. The second-order valence-electron chi connectivity index (χ2n) is 8.87. The molecule has 8 nitrogen and oxygen atoms in total. The van der Waals surface area contributed by atoms with Crippen molar-refractivity contribution in [1.82, 2.24) is 20.2 Å². The molecule has 31 heavy (non-hydrogen) atoms. The van der Waals surface area contributed by atoms with Crippen molar-refractivity contribution < 1.29 is 19.1 Å². The first-order valence-corrected chi connectivity index (χ1v) is 10.9. The van der Waals surface area contributed by atoms with Gasteiger partial charge in [0.25, 0.3) is 11.8 Å². The maximum atomic E-state index is 13.5. The standard InChI is InChI=1S/C23H26N4O4/c28-20-4-2-15-9-16(1-3-18(15)20)22(30)27-13-23(5-7-31-8-6-23)10-17(27)11-25-21(29)19-12-24-14-26-19/h1,3,9,12,14,17H,2,4-8,10-11,13H2,(H,24,26)(H,25,29). The number of Topliss-reactive ketones (excluding diaryl/α,β-unsaturated/α-hetero) is 1. The number of aromatic amines is 1. The van der Waals surface area contributed by atoms with Crippen molar-refractivity contribution in [2.45, 2.75) is 38.1 Å². The lowest BCUT2D eigenvalue weighted by Gasteiger charge is -2.33. The molecule has 5 rings (SSSR count). The molecule has 2 N–H and O–H groups in total. The van der Waals surface area contributed by atoms with E-state index in [4.69, 9.17) is 4.74 Å². The van der Waals surface area contributed by atoms with Crippen LogP contribution >= 0.6 is 0 Å². The first kappa shape index (κ1) is 19.9. The maximum Gasteiger partial charge on any atom is 0.269 e. The van der Waals surface area contributed by atoms with Crippen molar-refractivity contribution in [2.24, 2.45) is 5.41 Å². The largest absolute Gasteiger partial charge is 0.381 e. The van der Waals surface area contributed by atoms with Crippen molar-refractivity contribution >= 4 is 17.6 Å². The van der Waals surface area contributed by atoms with Gasteiger partial charge in [0.2, 0.25) is 0 Å². The Morgan fingerprint density at radius 3 is 2.87 bits per heavy atom. The Hall–Kier alpha value is -3.00. The number of fused-ring (bicyclic) bond motifs is 1. The monoisotopic (exact) mass is 422 g/mol. The van der Waals surface area contributed by atoms with Crippen LogP contribution in [0, 0.1) is 5.41 Å². The van der Waals surface area contributed by atoms with Crippen LogP contribution in [0.5, 0.6) is 0 Å². The number of H-pyrrole nitrogens is 1. The molecule has 8 heteroatoms. The molecular weight excluding hydrogens is 396 g/mol. The lowest BCUT2D eigenvalue weighted by atomic mass is 9.78. The normalized spacial score (nSPS) is 22.0. The highest BCUT2D eigenvalue weighted by Crippen LogP contribution is 2.43. The Bertz CT molecular complexity index is 1010. The molecule has 0 saturated carbocycles. The number of ketones is 1. The molecule has 2 saturated heterocycles. The van der Waals surface area contributed by atoms with Crippen molar-refractivity contribution in [2.75, 3.05) is 26.3 Å². The SMILES string of the molecule is O=C(NCC1CC2(CCOCC2)CN1C(=O)c1ccc2c(c1)CCC2=O)c1cnc[nH]1. The summed E-state index contributed by atoms with van der Waals surface area (Å²) in [4.78, 5) is 46.5. The highest BCUT2D eigenvalue weighted by Gasteiger charge is 2.46. The second-order valence-corrected chi connectivity index (χ2v) is 8.87. The summed E-state index contributed by atoms with van der Waals surface area (Å²) in [6.45, 7) is 2.46. The van der Waals surface area contributed by atoms with Crippen molar-refractivity contribution in [1.29, 1.82) is 0 Å². The minimum atomic E-state index is -0.228. The number of aromatic nitrogens is 2. The van der Waals surface area contributed by atoms with Crippen LogP contribution < -0.4 is 5.32 Å². The number of nitrogens with zero attached hydrogens (tertiary/aromatic N) is 2. The predicted molar refractivity (Wildman–Crippen MR) is 112 cm³/mol. The van der Waals surface area contributed by atoms with Gasteiger partial charge < -0.3 is 19.9 Å². The van der Waals surface area contributed by atoms with Crippen molar-refractivity contribution in [3.63, 3.8) is 0 Å². The van der Waals surface area contributed by atoms with E-state index in [1.807, 2.05) is 11.0 Å². The zero-order chi connectivity index (χ0) is 21.4. The number of hydrogen-bond donors (Lipinski definition) is 2. The van der Waals surface area contributed by atoms with E-state index in [1.54, 1.807) is 12.1 Å². The molecule has 1 aromatic carbocycles. The molecule has 2 aliphatic heterocycles. The quantitative estimate of drug-likeness (QED) is 0.784. The van der Waals surface area contributed by atoms with Crippen LogP contribution in [0.2, 0.25) is 0 Å². The second kappa shape index (κ2) is 7.92. The summed E-state index contributed by atoms with van der Waals surface area (Å²) in [5.41, 5.74) is 2.74. The Labute approximate surface area is 180 Å². The number of likely N-dealkylation sites (tertiary alicyclic amines) is 1. The van der Waals surface area contributed by atoms with Crippen molar-refractivity contribution in [3.8, 4) is 0 Å². The summed E-state index contributed by atoms with van der Waals surface area (Å²) in [6, 6.07) is 5.33. The van der Waals surface area contributed by atoms with E-state index in [9.17, 15) is 14.4 Å². The molecule has 0 radical (unpaired) electrons. The highest BCUT2D eigenvalue weighted by molar-refractivity contribution is 6.02. The van der Waals surface area contributed by atoms with Crippen LogP contribution in [0.3, 0.4) is 0 Å². The molecule has 2 aromatic rings. The number of aryl methyl sites for hydroxylation is 1.